The highest BCUT2D eigenvalue weighted by Crippen LogP contribution is 2.27. The number of aromatic nitrogens is 2. The van der Waals surface area contributed by atoms with E-state index in [0.717, 1.165) is 11.4 Å². The summed E-state index contributed by atoms with van der Waals surface area (Å²) < 4.78 is 5.30. The molecule has 3 aromatic rings. The number of para-hydroxylation sites is 2. The molecule has 0 saturated carbocycles. The van der Waals surface area contributed by atoms with Crippen LogP contribution in [0.2, 0.25) is 0 Å². The molecule has 3 N–H and O–H groups in total. The van der Waals surface area contributed by atoms with E-state index in [1.165, 1.54) is 18.5 Å². The molecule has 0 amide bonds. The average molecular weight is 336 g/mol. The Balaban J connectivity index is 1.76. The van der Waals surface area contributed by atoms with E-state index in [4.69, 9.17) is 9.84 Å². The Morgan fingerprint density at radius 2 is 1.68 bits per heavy atom. The molecule has 0 atom stereocenters. The summed E-state index contributed by atoms with van der Waals surface area (Å²) in [6, 6.07) is 15.7. The zero-order valence-corrected chi connectivity index (χ0v) is 13.4. The highest BCUT2D eigenvalue weighted by Gasteiger charge is 2.05. The van der Waals surface area contributed by atoms with Gasteiger partial charge in [0.05, 0.1) is 18.4 Å². The van der Waals surface area contributed by atoms with Gasteiger partial charge in [-0.25, -0.2) is 14.8 Å². The Morgan fingerprint density at radius 1 is 1.00 bits per heavy atom. The maximum Gasteiger partial charge on any atom is 0.335 e. The van der Waals surface area contributed by atoms with Crippen LogP contribution in [-0.4, -0.2) is 28.2 Å². The van der Waals surface area contributed by atoms with Crippen LogP contribution in [0.5, 0.6) is 5.75 Å². The Hall–Kier alpha value is -3.61. The molecule has 1 aromatic heterocycles. The number of hydrogen-bond acceptors (Lipinski definition) is 6. The topological polar surface area (TPSA) is 96.4 Å². The van der Waals surface area contributed by atoms with Crippen LogP contribution in [0, 0.1) is 0 Å². The first-order chi connectivity index (χ1) is 12.2. The number of benzene rings is 2. The van der Waals surface area contributed by atoms with E-state index < -0.39 is 5.97 Å². The number of anilines is 4. The third-order valence-electron chi connectivity index (χ3n) is 3.44. The van der Waals surface area contributed by atoms with Crippen LogP contribution in [0.25, 0.3) is 0 Å². The second-order valence-corrected chi connectivity index (χ2v) is 5.12. The third kappa shape index (κ3) is 4.03. The van der Waals surface area contributed by atoms with Crippen molar-refractivity contribution in [2.75, 3.05) is 17.7 Å². The molecule has 0 radical (unpaired) electrons. The molecule has 0 aliphatic carbocycles. The lowest BCUT2D eigenvalue weighted by molar-refractivity contribution is 0.0697. The van der Waals surface area contributed by atoms with Gasteiger partial charge in [-0.05, 0) is 36.4 Å². The summed E-state index contributed by atoms with van der Waals surface area (Å²) in [5.74, 6) is 0.927. The fourth-order valence-electron chi connectivity index (χ4n) is 2.22. The molecule has 7 heteroatoms. The van der Waals surface area contributed by atoms with Crippen LogP contribution in [0.1, 0.15) is 10.4 Å². The number of rotatable bonds is 6. The summed E-state index contributed by atoms with van der Waals surface area (Å²) in [6.07, 6.45) is 1.44. The Morgan fingerprint density at radius 3 is 2.36 bits per heavy atom. The number of ether oxygens (including phenoxy) is 1. The Labute approximate surface area is 144 Å². The number of nitrogens with one attached hydrogen (secondary N) is 2. The predicted molar refractivity (Wildman–Crippen MR) is 95.0 cm³/mol. The molecule has 25 heavy (non-hydrogen) atoms. The van der Waals surface area contributed by atoms with Gasteiger partial charge >= 0.3 is 5.97 Å². The summed E-state index contributed by atoms with van der Waals surface area (Å²) in [7, 11) is 1.61. The van der Waals surface area contributed by atoms with E-state index in [2.05, 4.69) is 20.6 Å². The zero-order chi connectivity index (χ0) is 17.6. The predicted octanol–water partition coefficient (Wildman–Crippen LogP) is 3.67. The molecule has 1 heterocycles. The SMILES string of the molecule is COc1ccccc1Nc1cc(Nc2ccc(C(=O)O)cc2)ncn1. The fraction of sp³-hybridized carbons (Fsp3) is 0.0556. The number of methoxy groups -OCH3 is 1. The van der Waals surface area contributed by atoms with E-state index in [1.54, 1.807) is 25.3 Å². The van der Waals surface area contributed by atoms with E-state index in [9.17, 15) is 4.79 Å². The summed E-state index contributed by atoms with van der Waals surface area (Å²) in [5.41, 5.74) is 1.75. The van der Waals surface area contributed by atoms with Crippen molar-refractivity contribution in [1.82, 2.24) is 9.97 Å². The van der Waals surface area contributed by atoms with Crippen molar-refractivity contribution in [3.63, 3.8) is 0 Å². The first-order valence-electron chi connectivity index (χ1n) is 7.48. The van der Waals surface area contributed by atoms with Gasteiger partial charge in [-0.2, -0.15) is 0 Å². The molecule has 0 aliphatic heterocycles. The number of carboxylic acid groups (broad SMARTS) is 1. The van der Waals surface area contributed by atoms with Crippen LogP contribution in [0.4, 0.5) is 23.0 Å². The van der Waals surface area contributed by atoms with Crippen LogP contribution in [0.3, 0.4) is 0 Å². The van der Waals surface area contributed by atoms with E-state index >= 15 is 0 Å². The molecule has 0 saturated heterocycles. The highest BCUT2D eigenvalue weighted by molar-refractivity contribution is 5.88. The minimum absolute atomic E-state index is 0.228. The lowest BCUT2D eigenvalue weighted by atomic mass is 10.2. The zero-order valence-electron chi connectivity index (χ0n) is 13.4. The van der Waals surface area contributed by atoms with E-state index in [0.29, 0.717) is 17.4 Å². The average Bonchev–Trinajstić information content (AvgIpc) is 2.63. The van der Waals surface area contributed by atoms with Gasteiger partial charge in [0.2, 0.25) is 0 Å². The largest absolute Gasteiger partial charge is 0.495 e. The van der Waals surface area contributed by atoms with Crippen molar-refractivity contribution >= 4 is 29.0 Å². The molecule has 0 aliphatic rings. The molecular weight excluding hydrogens is 320 g/mol. The van der Waals surface area contributed by atoms with Crippen molar-refractivity contribution in [3.8, 4) is 5.75 Å². The normalized spacial score (nSPS) is 10.1. The standard InChI is InChI=1S/C18H16N4O3/c1-25-15-5-3-2-4-14(15)22-17-10-16(19-11-20-17)21-13-8-6-12(7-9-13)18(23)24/h2-11H,1H3,(H,23,24)(H2,19,20,21,22). The Bertz CT molecular complexity index is 881. The van der Waals surface area contributed by atoms with Gasteiger partial charge < -0.3 is 20.5 Å². The van der Waals surface area contributed by atoms with Crippen molar-refractivity contribution in [1.29, 1.82) is 0 Å². The van der Waals surface area contributed by atoms with Crippen LogP contribution in [0.15, 0.2) is 60.9 Å². The second-order valence-electron chi connectivity index (χ2n) is 5.12. The first kappa shape index (κ1) is 16.3. The lowest BCUT2D eigenvalue weighted by Crippen LogP contribution is -2.00. The lowest BCUT2D eigenvalue weighted by Gasteiger charge is -2.11. The van der Waals surface area contributed by atoms with Gasteiger partial charge in [-0.3, -0.25) is 0 Å². The van der Waals surface area contributed by atoms with Crippen molar-refractivity contribution in [3.05, 3.63) is 66.5 Å². The van der Waals surface area contributed by atoms with Crippen LogP contribution >= 0.6 is 0 Å². The number of carboxylic acids is 1. The summed E-state index contributed by atoms with van der Waals surface area (Å²) >= 11 is 0. The van der Waals surface area contributed by atoms with Crippen LogP contribution < -0.4 is 15.4 Å². The fourth-order valence-corrected chi connectivity index (χ4v) is 2.22. The minimum atomic E-state index is -0.961. The van der Waals surface area contributed by atoms with Gasteiger partial charge in [-0.1, -0.05) is 12.1 Å². The van der Waals surface area contributed by atoms with Gasteiger partial charge in [0.15, 0.2) is 0 Å². The minimum Gasteiger partial charge on any atom is -0.495 e. The maximum absolute atomic E-state index is 10.9. The molecule has 7 nitrogen and oxygen atoms in total. The number of carbonyl (C=O) groups is 1. The summed E-state index contributed by atoms with van der Waals surface area (Å²) in [5, 5.41) is 15.2. The Kier molecular flexibility index (Phi) is 4.75. The molecule has 3 rings (SSSR count). The molecule has 0 fully saturated rings. The number of aromatic carboxylic acids is 1. The highest BCUT2D eigenvalue weighted by atomic mass is 16.5. The van der Waals surface area contributed by atoms with Crippen molar-refractivity contribution < 1.29 is 14.6 Å². The molecule has 2 aromatic carbocycles. The second kappa shape index (κ2) is 7.31. The quantitative estimate of drug-likeness (QED) is 0.632. The van der Waals surface area contributed by atoms with Crippen molar-refractivity contribution in [2.45, 2.75) is 0 Å². The summed E-state index contributed by atoms with van der Waals surface area (Å²) in [4.78, 5) is 19.2. The molecule has 126 valence electrons. The van der Waals surface area contributed by atoms with E-state index in [-0.39, 0.29) is 5.56 Å². The van der Waals surface area contributed by atoms with E-state index in [1.807, 2.05) is 24.3 Å². The first-order valence-corrected chi connectivity index (χ1v) is 7.48. The smallest absolute Gasteiger partial charge is 0.335 e. The van der Waals surface area contributed by atoms with Crippen LogP contribution in [-0.2, 0) is 0 Å². The van der Waals surface area contributed by atoms with Gasteiger partial charge in [0, 0.05) is 11.8 Å². The third-order valence-corrected chi connectivity index (χ3v) is 3.44. The van der Waals surface area contributed by atoms with Gasteiger partial charge in [-0.15, -0.1) is 0 Å². The van der Waals surface area contributed by atoms with Gasteiger partial charge in [0.1, 0.15) is 23.7 Å². The monoisotopic (exact) mass is 336 g/mol. The summed E-state index contributed by atoms with van der Waals surface area (Å²) in [6.45, 7) is 0. The molecule has 0 bridgehead atoms. The maximum atomic E-state index is 10.9. The molecular formula is C18H16N4O3. The number of hydrogen-bond donors (Lipinski definition) is 3. The van der Waals surface area contributed by atoms with Gasteiger partial charge in [0.25, 0.3) is 0 Å². The van der Waals surface area contributed by atoms with Crippen molar-refractivity contribution in [2.24, 2.45) is 0 Å². The molecule has 0 unspecified atom stereocenters. The molecule has 0 spiro atoms. The number of nitrogens with zero attached hydrogens (tertiary/aromatic N) is 2.